The molecule has 5 heteroatoms. The molecule has 2 aromatic rings. The van der Waals surface area contributed by atoms with Gasteiger partial charge in [-0.05, 0) is 12.1 Å². The van der Waals surface area contributed by atoms with Crippen LogP contribution in [0.25, 0.3) is 0 Å². The van der Waals surface area contributed by atoms with E-state index in [1.54, 1.807) is 6.20 Å². The maximum Gasteiger partial charge on any atom is 0.317 e. The lowest BCUT2D eigenvalue weighted by atomic mass is 9.97. The lowest BCUT2D eigenvalue weighted by molar-refractivity contribution is 0.393. The molecule has 5 nitrogen and oxygen atoms in total. The van der Waals surface area contributed by atoms with Crippen LogP contribution in [0.2, 0.25) is 0 Å². The molecular formula is C14H20N4O. The summed E-state index contributed by atoms with van der Waals surface area (Å²) >= 11 is 0. The molecule has 0 atom stereocenters. The fourth-order valence-corrected chi connectivity index (χ4v) is 1.60. The topological polar surface area (TPSA) is 55.1 Å². The van der Waals surface area contributed by atoms with E-state index in [4.69, 9.17) is 4.42 Å². The molecular weight excluding hydrogens is 240 g/mol. The van der Waals surface area contributed by atoms with Crippen molar-refractivity contribution in [1.29, 1.82) is 0 Å². The van der Waals surface area contributed by atoms with Crippen molar-refractivity contribution in [3.05, 3.63) is 36.0 Å². The quantitative estimate of drug-likeness (QED) is 0.845. The molecule has 0 bridgehead atoms. The molecule has 0 spiro atoms. The van der Waals surface area contributed by atoms with Gasteiger partial charge in [-0.1, -0.05) is 31.9 Å². The van der Waals surface area contributed by atoms with E-state index in [-0.39, 0.29) is 5.41 Å². The van der Waals surface area contributed by atoms with E-state index in [1.165, 1.54) is 0 Å². The number of aromatic nitrogens is 3. The number of pyridine rings is 1. The minimum atomic E-state index is -0.118. The fourth-order valence-electron chi connectivity index (χ4n) is 1.60. The fraction of sp³-hybridized carbons (Fsp3) is 0.500. The van der Waals surface area contributed by atoms with Gasteiger partial charge in [0.1, 0.15) is 0 Å². The molecule has 0 amide bonds. The highest BCUT2D eigenvalue weighted by Crippen LogP contribution is 2.23. The monoisotopic (exact) mass is 260 g/mol. The van der Waals surface area contributed by atoms with Gasteiger partial charge in [0, 0.05) is 37.3 Å². The van der Waals surface area contributed by atoms with E-state index in [9.17, 15) is 0 Å². The summed E-state index contributed by atoms with van der Waals surface area (Å²) < 4.78 is 5.68. The van der Waals surface area contributed by atoms with Crippen LogP contribution in [0.1, 0.15) is 32.4 Å². The maximum absolute atomic E-state index is 5.68. The molecule has 2 rings (SSSR count). The summed E-state index contributed by atoms with van der Waals surface area (Å²) in [7, 11) is 1.95. The van der Waals surface area contributed by atoms with Crippen LogP contribution < -0.4 is 4.90 Å². The number of likely N-dealkylation sites (N-methyl/N-ethyl adjacent to an activating group) is 1. The largest absolute Gasteiger partial charge is 0.407 e. The Hall–Kier alpha value is -1.91. The number of hydrogen-bond acceptors (Lipinski definition) is 5. The molecule has 2 aromatic heterocycles. The lowest BCUT2D eigenvalue weighted by Gasteiger charge is -2.14. The van der Waals surface area contributed by atoms with Crippen molar-refractivity contribution >= 4 is 6.01 Å². The van der Waals surface area contributed by atoms with Crippen LogP contribution in [-0.4, -0.2) is 28.8 Å². The van der Waals surface area contributed by atoms with Gasteiger partial charge >= 0.3 is 6.01 Å². The zero-order valence-electron chi connectivity index (χ0n) is 11.9. The molecule has 0 fully saturated rings. The smallest absolute Gasteiger partial charge is 0.317 e. The summed E-state index contributed by atoms with van der Waals surface area (Å²) in [4.78, 5) is 6.25. The molecule has 2 heterocycles. The minimum absolute atomic E-state index is 0.118. The van der Waals surface area contributed by atoms with Crippen molar-refractivity contribution in [2.24, 2.45) is 0 Å². The first kappa shape index (κ1) is 13.5. The normalized spacial score (nSPS) is 11.6. The Morgan fingerprint density at radius 1 is 1.21 bits per heavy atom. The van der Waals surface area contributed by atoms with Crippen molar-refractivity contribution in [2.75, 3.05) is 18.5 Å². The van der Waals surface area contributed by atoms with Crippen molar-refractivity contribution < 1.29 is 4.42 Å². The molecule has 19 heavy (non-hydrogen) atoms. The highest BCUT2D eigenvalue weighted by atomic mass is 16.4. The first-order valence-corrected chi connectivity index (χ1v) is 6.42. The lowest BCUT2D eigenvalue weighted by Crippen LogP contribution is -2.21. The zero-order chi connectivity index (χ0) is 13.9. The van der Waals surface area contributed by atoms with Gasteiger partial charge in [-0.15, -0.1) is 5.10 Å². The van der Waals surface area contributed by atoms with E-state index < -0.39 is 0 Å². The summed E-state index contributed by atoms with van der Waals surface area (Å²) in [6, 6.07) is 6.48. The standard InChI is InChI=1S/C14H20N4O/c1-14(2,3)12-16-17-13(19-12)18(4)10-8-11-7-5-6-9-15-11/h5-7,9H,8,10H2,1-4H3. The predicted molar refractivity (Wildman–Crippen MR) is 74.2 cm³/mol. The van der Waals surface area contributed by atoms with Crippen LogP contribution in [0, 0.1) is 0 Å². The Kier molecular flexibility index (Phi) is 3.83. The number of hydrogen-bond donors (Lipinski definition) is 0. The SMILES string of the molecule is CN(CCc1ccccn1)c1nnc(C(C)(C)C)o1. The Morgan fingerprint density at radius 3 is 2.58 bits per heavy atom. The van der Waals surface area contributed by atoms with Crippen LogP contribution in [0.4, 0.5) is 6.01 Å². The molecule has 0 saturated heterocycles. The van der Waals surface area contributed by atoms with Gasteiger partial charge in [0.25, 0.3) is 0 Å². The molecule has 0 aliphatic carbocycles. The van der Waals surface area contributed by atoms with E-state index >= 15 is 0 Å². The second-order valence-electron chi connectivity index (χ2n) is 5.63. The number of anilines is 1. The van der Waals surface area contributed by atoms with Gasteiger partial charge in [0.15, 0.2) is 0 Å². The van der Waals surface area contributed by atoms with E-state index in [0.717, 1.165) is 18.7 Å². The van der Waals surface area contributed by atoms with E-state index in [2.05, 4.69) is 36.0 Å². The Morgan fingerprint density at radius 2 is 2.00 bits per heavy atom. The van der Waals surface area contributed by atoms with Crippen LogP contribution >= 0.6 is 0 Å². The van der Waals surface area contributed by atoms with Crippen LogP contribution in [0.5, 0.6) is 0 Å². The second-order valence-corrected chi connectivity index (χ2v) is 5.63. The van der Waals surface area contributed by atoms with Gasteiger partial charge in [0.2, 0.25) is 5.89 Å². The molecule has 0 aliphatic heterocycles. The highest BCUT2D eigenvalue weighted by molar-refractivity contribution is 5.23. The first-order chi connectivity index (χ1) is 8.97. The maximum atomic E-state index is 5.68. The summed E-state index contributed by atoms with van der Waals surface area (Å²) in [5.41, 5.74) is 0.942. The molecule has 0 radical (unpaired) electrons. The molecule has 0 N–H and O–H groups in total. The molecule has 0 aliphatic rings. The summed E-state index contributed by atoms with van der Waals surface area (Å²) in [5.74, 6) is 0.659. The van der Waals surface area contributed by atoms with Crippen LogP contribution in [0.3, 0.4) is 0 Å². The Balaban J connectivity index is 1.97. The number of nitrogens with zero attached hydrogens (tertiary/aromatic N) is 4. The van der Waals surface area contributed by atoms with Crippen LogP contribution in [0.15, 0.2) is 28.8 Å². The summed E-state index contributed by atoms with van der Waals surface area (Å²) in [5, 5.41) is 8.17. The molecule has 102 valence electrons. The van der Waals surface area contributed by atoms with Gasteiger partial charge in [0.05, 0.1) is 0 Å². The molecule has 0 saturated carbocycles. The first-order valence-electron chi connectivity index (χ1n) is 6.42. The third kappa shape index (κ3) is 3.53. The van der Waals surface area contributed by atoms with Crippen molar-refractivity contribution in [3.63, 3.8) is 0 Å². The van der Waals surface area contributed by atoms with Gasteiger partial charge in [-0.25, -0.2) is 0 Å². The third-order valence-electron chi connectivity index (χ3n) is 2.81. The second kappa shape index (κ2) is 5.38. The predicted octanol–water partition coefficient (Wildman–Crippen LogP) is 2.44. The van der Waals surface area contributed by atoms with Gasteiger partial charge < -0.3 is 9.32 Å². The van der Waals surface area contributed by atoms with Gasteiger partial charge in [-0.2, -0.15) is 0 Å². The van der Waals surface area contributed by atoms with E-state index in [0.29, 0.717) is 11.9 Å². The summed E-state index contributed by atoms with van der Waals surface area (Å²) in [6.07, 6.45) is 2.66. The number of rotatable bonds is 4. The summed E-state index contributed by atoms with van der Waals surface area (Å²) in [6.45, 7) is 6.96. The Labute approximate surface area is 113 Å². The zero-order valence-corrected chi connectivity index (χ0v) is 11.9. The third-order valence-corrected chi connectivity index (χ3v) is 2.81. The van der Waals surface area contributed by atoms with Crippen molar-refractivity contribution in [3.8, 4) is 0 Å². The highest BCUT2D eigenvalue weighted by Gasteiger charge is 2.22. The van der Waals surface area contributed by atoms with Crippen molar-refractivity contribution in [2.45, 2.75) is 32.6 Å². The van der Waals surface area contributed by atoms with Crippen LogP contribution in [-0.2, 0) is 11.8 Å². The average molecular weight is 260 g/mol. The Bertz CT molecular complexity index is 516. The molecule has 0 aromatic carbocycles. The van der Waals surface area contributed by atoms with Gasteiger partial charge in [-0.3, -0.25) is 4.98 Å². The average Bonchev–Trinajstić information content (AvgIpc) is 2.87. The van der Waals surface area contributed by atoms with E-state index in [1.807, 2.05) is 30.1 Å². The van der Waals surface area contributed by atoms with Crippen molar-refractivity contribution in [1.82, 2.24) is 15.2 Å². The minimum Gasteiger partial charge on any atom is -0.407 e. The molecule has 0 unspecified atom stereocenters.